The molecule has 2 aromatic rings. The second-order valence-corrected chi connectivity index (χ2v) is 2.17. The fourth-order valence-corrected chi connectivity index (χ4v) is 1.06. The number of benzene rings is 1. The molecule has 2 heterocycles. The Morgan fingerprint density at radius 1 is 1.09 bits per heavy atom. The van der Waals surface area contributed by atoms with Gasteiger partial charge in [0.2, 0.25) is 0 Å². The molecular weight excluding hydrogens is 140 g/mol. The quantitative estimate of drug-likeness (QED) is 0.561. The van der Waals surface area contributed by atoms with E-state index in [2.05, 4.69) is 0 Å². The van der Waals surface area contributed by atoms with E-state index in [0.717, 1.165) is 0 Å². The summed E-state index contributed by atoms with van der Waals surface area (Å²) in [5.41, 5.74) is 1.89. The van der Waals surface area contributed by atoms with E-state index in [1.807, 2.05) is 12.1 Å². The van der Waals surface area contributed by atoms with Crippen LogP contribution in [0.2, 0.25) is 0 Å². The maximum atomic E-state index is 8.53. The van der Waals surface area contributed by atoms with Crippen molar-refractivity contribution in [1.82, 2.24) is 0 Å². The molecule has 0 saturated heterocycles. The summed E-state index contributed by atoms with van der Waals surface area (Å²) in [5.74, 6) is 0. The van der Waals surface area contributed by atoms with E-state index in [0.29, 0.717) is 22.3 Å². The van der Waals surface area contributed by atoms with Crippen LogP contribution in [0.25, 0.3) is 11.2 Å². The zero-order chi connectivity index (χ0) is 7.84. The second kappa shape index (κ2) is 1.74. The van der Waals surface area contributed by atoms with Gasteiger partial charge in [-0.05, 0) is 0 Å². The molecule has 3 nitrogen and oxygen atoms in total. The standard InChI is InChI=1S/C8H2N2O/c9-3-5-1-7-2-6(4-10)8(5)11-7/h1-2H. The first kappa shape index (κ1) is 5.76. The molecular formula is C8H2N2O. The number of nitrogens with zero attached hydrogens (tertiary/aromatic N) is 2. The number of fused-ring (bicyclic) bond motifs is 2. The molecule has 0 unspecified atom stereocenters. The lowest BCUT2D eigenvalue weighted by molar-refractivity contribution is 0.674. The molecule has 2 rings (SSSR count). The van der Waals surface area contributed by atoms with Gasteiger partial charge in [0.15, 0.2) is 5.58 Å². The predicted molar refractivity (Wildman–Crippen MR) is 36.8 cm³/mol. The molecule has 3 heteroatoms. The van der Waals surface area contributed by atoms with Crippen molar-refractivity contribution in [3.05, 3.63) is 23.3 Å². The van der Waals surface area contributed by atoms with Gasteiger partial charge in [0.25, 0.3) is 0 Å². The van der Waals surface area contributed by atoms with E-state index < -0.39 is 0 Å². The maximum absolute atomic E-state index is 8.53. The van der Waals surface area contributed by atoms with E-state index in [4.69, 9.17) is 14.9 Å². The third kappa shape index (κ3) is 0.595. The average molecular weight is 142 g/mol. The third-order valence-corrected chi connectivity index (χ3v) is 1.52. The van der Waals surface area contributed by atoms with Crippen molar-refractivity contribution >= 4 is 11.2 Å². The van der Waals surface area contributed by atoms with Crippen LogP contribution in [0, 0.1) is 22.7 Å². The first-order chi connectivity index (χ1) is 5.35. The summed E-state index contributed by atoms with van der Waals surface area (Å²) in [6, 6.07) is 7.13. The van der Waals surface area contributed by atoms with E-state index in [1.165, 1.54) is 0 Å². The summed E-state index contributed by atoms with van der Waals surface area (Å²) in [4.78, 5) is 0. The largest absolute Gasteiger partial charge is 0.454 e. The van der Waals surface area contributed by atoms with Crippen LogP contribution in [0.3, 0.4) is 0 Å². The highest BCUT2D eigenvalue weighted by molar-refractivity contribution is 5.77. The Balaban J connectivity index is 2.86. The van der Waals surface area contributed by atoms with Gasteiger partial charge in [0.05, 0.1) is 11.1 Å². The first-order valence-corrected chi connectivity index (χ1v) is 3.01. The van der Waals surface area contributed by atoms with E-state index >= 15 is 0 Å². The van der Waals surface area contributed by atoms with Crippen LogP contribution in [0.4, 0.5) is 0 Å². The number of nitriles is 2. The molecule has 0 aliphatic carbocycles. The minimum absolute atomic E-state index is 0.407. The van der Waals surface area contributed by atoms with Crippen LogP contribution in [0.15, 0.2) is 16.5 Å². The molecule has 0 aliphatic rings. The van der Waals surface area contributed by atoms with Crippen LogP contribution in [0.1, 0.15) is 11.1 Å². The summed E-state index contributed by atoms with van der Waals surface area (Å²) in [6.45, 7) is 0. The fourth-order valence-electron chi connectivity index (χ4n) is 1.06. The van der Waals surface area contributed by atoms with Crippen molar-refractivity contribution < 1.29 is 4.42 Å². The monoisotopic (exact) mass is 142 g/mol. The minimum atomic E-state index is 0.407. The van der Waals surface area contributed by atoms with Crippen LogP contribution in [-0.2, 0) is 0 Å². The van der Waals surface area contributed by atoms with Crippen molar-refractivity contribution in [2.75, 3.05) is 0 Å². The van der Waals surface area contributed by atoms with Crippen molar-refractivity contribution in [3.8, 4) is 12.1 Å². The Morgan fingerprint density at radius 2 is 1.64 bits per heavy atom. The molecule has 0 aromatic carbocycles. The molecule has 0 saturated carbocycles. The highest BCUT2D eigenvalue weighted by Gasteiger charge is 2.12. The molecule has 2 aromatic heterocycles. The van der Waals surface area contributed by atoms with Gasteiger partial charge in [-0.15, -0.1) is 0 Å². The lowest BCUT2D eigenvalue weighted by Crippen LogP contribution is -1.73. The van der Waals surface area contributed by atoms with Crippen molar-refractivity contribution in [2.24, 2.45) is 0 Å². The average Bonchev–Trinajstić information content (AvgIpc) is 2.60. The number of hydrogen-bond acceptors (Lipinski definition) is 3. The second-order valence-electron chi connectivity index (χ2n) is 2.17. The molecule has 0 spiro atoms. The van der Waals surface area contributed by atoms with Gasteiger partial charge in [-0.2, -0.15) is 10.5 Å². The lowest BCUT2D eigenvalue weighted by Gasteiger charge is -1.80. The van der Waals surface area contributed by atoms with Gasteiger partial charge in [-0.25, -0.2) is 0 Å². The lowest BCUT2D eigenvalue weighted by atomic mass is 10.1. The van der Waals surface area contributed by atoms with Crippen LogP contribution in [-0.4, -0.2) is 0 Å². The smallest absolute Gasteiger partial charge is 0.163 e. The first-order valence-electron chi connectivity index (χ1n) is 3.01. The number of hydrogen-bond donors (Lipinski definition) is 0. The van der Waals surface area contributed by atoms with Crippen LogP contribution >= 0.6 is 0 Å². The third-order valence-electron chi connectivity index (χ3n) is 1.52. The Labute approximate surface area is 62.4 Å². The molecule has 0 fully saturated rings. The fraction of sp³-hybridized carbons (Fsp3) is 0. The summed E-state index contributed by atoms with van der Waals surface area (Å²) in [7, 11) is 0. The molecule has 0 aliphatic heterocycles. The van der Waals surface area contributed by atoms with Gasteiger partial charge >= 0.3 is 0 Å². The molecule has 0 atom stereocenters. The highest BCUT2D eigenvalue weighted by Crippen LogP contribution is 2.25. The van der Waals surface area contributed by atoms with Crippen LogP contribution in [0.5, 0.6) is 0 Å². The van der Waals surface area contributed by atoms with Gasteiger partial charge in [0.1, 0.15) is 17.7 Å². The zero-order valence-corrected chi connectivity index (χ0v) is 5.46. The molecule has 0 radical (unpaired) electrons. The molecule has 0 amide bonds. The zero-order valence-electron chi connectivity index (χ0n) is 5.46. The van der Waals surface area contributed by atoms with Crippen LogP contribution < -0.4 is 0 Å². The Hall–Kier alpha value is -2.00. The number of rotatable bonds is 0. The predicted octanol–water partition coefficient (Wildman–Crippen LogP) is 1.61. The molecule has 50 valence electrons. The van der Waals surface area contributed by atoms with E-state index in [-0.39, 0.29) is 0 Å². The number of furan rings is 2. The molecule has 2 bridgehead atoms. The highest BCUT2D eigenvalue weighted by atomic mass is 16.3. The summed E-state index contributed by atoms with van der Waals surface area (Å²) >= 11 is 0. The summed E-state index contributed by atoms with van der Waals surface area (Å²) in [5, 5.41) is 17.1. The Morgan fingerprint density at radius 3 is 2.00 bits per heavy atom. The van der Waals surface area contributed by atoms with E-state index in [1.54, 1.807) is 12.1 Å². The van der Waals surface area contributed by atoms with Gasteiger partial charge < -0.3 is 4.42 Å². The summed E-state index contributed by atoms with van der Waals surface area (Å²) < 4.78 is 5.08. The normalized spacial score (nSPS) is 9.64. The molecule has 11 heavy (non-hydrogen) atoms. The van der Waals surface area contributed by atoms with Crippen molar-refractivity contribution in [1.29, 1.82) is 10.5 Å². The van der Waals surface area contributed by atoms with E-state index in [9.17, 15) is 0 Å². The topological polar surface area (TPSA) is 60.7 Å². The van der Waals surface area contributed by atoms with Crippen molar-refractivity contribution in [2.45, 2.75) is 0 Å². The van der Waals surface area contributed by atoms with Gasteiger partial charge in [0, 0.05) is 12.1 Å². The maximum Gasteiger partial charge on any atom is 0.163 e. The van der Waals surface area contributed by atoms with Gasteiger partial charge in [-0.3, -0.25) is 0 Å². The van der Waals surface area contributed by atoms with Gasteiger partial charge in [-0.1, -0.05) is 0 Å². The van der Waals surface area contributed by atoms with Crippen molar-refractivity contribution in [3.63, 3.8) is 0 Å². The Bertz CT molecular complexity index is 431. The minimum Gasteiger partial charge on any atom is -0.454 e. The Kier molecular flexibility index (Phi) is 0.912. The SMILES string of the molecule is N#Cc1cc2cc(C#N)c1o2. The summed E-state index contributed by atoms with van der Waals surface area (Å²) in [6.07, 6.45) is 0. The molecule has 0 N–H and O–H groups in total.